The Hall–Kier alpha value is -2.41. The van der Waals surface area contributed by atoms with Gasteiger partial charge in [-0.25, -0.2) is 0 Å². The Morgan fingerprint density at radius 2 is 1.68 bits per heavy atom. The minimum atomic E-state index is -0.275. The Morgan fingerprint density at radius 3 is 2.39 bits per heavy atom. The predicted molar refractivity (Wildman–Crippen MR) is 130 cm³/mol. The van der Waals surface area contributed by atoms with Crippen molar-refractivity contribution < 1.29 is 14.3 Å². The number of rotatable bonds is 9. The Kier molecular flexibility index (Phi) is 8.46. The van der Waals surface area contributed by atoms with E-state index in [4.69, 9.17) is 32.7 Å². The van der Waals surface area contributed by atoms with Crippen LogP contribution in [0.2, 0.25) is 10.0 Å². The maximum absolute atomic E-state index is 12.2. The number of carbonyl (C=O) groups is 1. The molecule has 31 heavy (non-hydrogen) atoms. The van der Waals surface area contributed by atoms with E-state index in [2.05, 4.69) is 26.6 Å². The van der Waals surface area contributed by atoms with Crippen molar-refractivity contribution in [2.24, 2.45) is 0 Å². The molecule has 162 valence electrons. The summed E-state index contributed by atoms with van der Waals surface area (Å²) < 4.78 is 12.2. The van der Waals surface area contributed by atoms with Crippen molar-refractivity contribution in [1.29, 1.82) is 0 Å². The second kappa shape index (κ2) is 11.3. The van der Waals surface area contributed by atoms with Crippen LogP contribution in [-0.2, 0) is 11.3 Å². The summed E-state index contributed by atoms with van der Waals surface area (Å²) >= 11 is 15.4. The third kappa shape index (κ3) is 7.06. The van der Waals surface area contributed by atoms with E-state index in [-0.39, 0.29) is 12.5 Å². The van der Waals surface area contributed by atoms with Crippen LogP contribution in [0, 0.1) is 0 Å². The average Bonchev–Trinajstić information content (AvgIpc) is 2.76. The molecule has 0 fully saturated rings. The number of hydrogen-bond acceptors (Lipinski definition) is 4. The molecule has 8 heteroatoms. The molecule has 0 aliphatic carbocycles. The molecule has 5 nitrogen and oxygen atoms in total. The largest absolute Gasteiger partial charge is 0.490 e. The fourth-order valence-electron chi connectivity index (χ4n) is 2.73. The van der Waals surface area contributed by atoms with Crippen LogP contribution in [0.4, 0.5) is 11.4 Å². The first kappa shape index (κ1) is 23.3. The highest BCUT2D eigenvalue weighted by Gasteiger charge is 2.10. The van der Waals surface area contributed by atoms with Crippen molar-refractivity contribution in [2.75, 3.05) is 23.8 Å². The minimum absolute atomic E-state index is 0.141. The van der Waals surface area contributed by atoms with Crippen LogP contribution in [0.15, 0.2) is 65.1 Å². The summed E-state index contributed by atoms with van der Waals surface area (Å²) in [4.78, 5) is 12.2. The molecular formula is C23H21BrCl2N2O3. The molecule has 3 aromatic carbocycles. The van der Waals surface area contributed by atoms with Gasteiger partial charge in [-0.2, -0.15) is 0 Å². The van der Waals surface area contributed by atoms with Gasteiger partial charge in [-0.3, -0.25) is 4.79 Å². The zero-order chi connectivity index (χ0) is 22.2. The van der Waals surface area contributed by atoms with Crippen LogP contribution in [-0.4, -0.2) is 19.1 Å². The van der Waals surface area contributed by atoms with Crippen molar-refractivity contribution in [2.45, 2.75) is 13.5 Å². The highest BCUT2D eigenvalue weighted by atomic mass is 79.9. The molecule has 1 amide bonds. The third-order valence-electron chi connectivity index (χ3n) is 4.21. The lowest BCUT2D eigenvalue weighted by Gasteiger charge is -2.14. The van der Waals surface area contributed by atoms with Crippen molar-refractivity contribution in [3.05, 3.63) is 80.7 Å². The molecule has 0 aliphatic rings. The number of anilines is 2. The minimum Gasteiger partial charge on any atom is -0.490 e. The molecule has 0 spiro atoms. The SMILES string of the molecule is CCOc1cc(CNc2ccc(Br)c(Cl)c2)ccc1OCC(=O)Nc1ccc(Cl)cc1. The topological polar surface area (TPSA) is 59.6 Å². The molecule has 0 heterocycles. The van der Waals surface area contributed by atoms with Crippen LogP contribution in [0.3, 0.4) is 0 Å². The van der Waals surface area contributed by atoms with Crippen LogP contribution >= 0.6 is 39.1 Å². The van der Waals surface area contributed by atoms with Crippen molar-refractivity contribution in [3.63, 3.8) is 0 Å². The number of benzene rings is 3. The summed E-state index contributed by atoms with van der Waals surface area (Å²) in [6.45, 7) is 2.81. The van der Waals surface area contributed by atoms with E-state index >= 15 is 0 Å². The van der Waals surface area contributed by atoms with Crippen molar-refractivity contribution in [3.8, 4) is 11.5 Å². The van der Waals surface area contributed by atoms with Crippen LogP contribution in [0.1, 0.15) is 12.5 Å². The number of nitrogens with one attached hydrogen (secondary N) is 2. The molecule has 0 bridgehead atoms. The summed E-state index contributed by atoms with van der Waals surface area (Å²) in [5.41, 5.74) is 2.56. The van der Waals surface area contributed by atoms with Crippen molar-refractivity contribution in [1.82, 2.24) is 0 Å². The number of halogens is 3. The average molecular weight is 524 g/mol. The normalized spacial score (nSPS) is 10.5. The van der Waals surface area contributed by atoms with Gasteiger partial charge < -0.3 is 20.1 Å². The third-order valence-corrected chi connectivity index (χ3v) is 5.70. The van der Waals surface area contributed by atoms with Gasteiger partial charge in [-0.15, -0.1) is 0 Å². The fourth-order valence-corrected chi connectivity index (χ4v) is 3.29. The molecule has 0 radical (unpaired) electrons. The number of ether oxygens (including phenoxy) is 2. The van der Waals surface area contributed by atoms with E-state index in [1.165, 1.54) is 0 Å². The first-order chi connectivity index (χ1) is 14.9. The van der Waals surface area contributed by atoms with Crippen LogP contribution in [0.25, 0.3) is 0 Å². The summed E-state index contributed by atoms with van der Waals surface area (Å²) in [7, 11) is 0. The Bertz CT molecular complexity index is 1050. The lowest BCUT2D eigenvalue weighted by atomic mass is 10.2. The Morgan fingerprint density at radius 1 is 0.935 bits per heavy atom. The molecule has 0 aromatic heterocycles. The molecule has 0 aliphatic heterocycles. The van der Waals surface area contributed by atoms with Gasteiger partial charge >= 0.3 is 0 Å². The van der Waals surface area contributed by atoms with Gasteiger partial charge in [0.2, 0.25) is 0 Å². The van der Waals surface area contributed by atoms with E-state index in [0.29, 0.717) is 40.4 Å². The molecule has 0 atom stereocenters. The maximum Gasteiger partial charge on any atom is 0.262 e. The van der Waals surface area contributed by atoms with Crippen molar-refractivity contribution >= 4 is 56.4 Å². The summed E-state index contributed by atoms with van der Waals surface area (Å²) in [5.74, 6) is 0.807. The van der Waals surface area contributed by atoms with E-state index in [9.17, 15) is 4.79 Å². The quantitative estimate of drug-likeness (QED) is 0.324. The lowest BCUT2D eigenvalue weighted by Crippen LogP contribution is -2.20. The highest BCUT2D eigenvalue weighted by molar-refractivity contribution is 9.10. The van der Waals surface area contributed by atoms with E-state index in [1.807, 2.05) is 37.3 Å². The Balaban J connectivity index is 1.60. The molecule has 2 N–H and O–H groups in total. The number of hydrogen-bond donors (Lipinski definition) is 2. The number of carbonyl (C=O) groups excluding carboxylic acids is 1. The highest BCUT2D eigenvalue weighted by Crippen LogP contribution is 2.30. The predicted octanol–water partition coefficient (Wildman–Crippen LogP) is 6.78. The Labute approximate surface area is 199 Å². The summed E-state index contributed by atoms with van der Waals surface area (Å²) in [6, 6.07) is 18.2. The van der Waals surface area contributed by atoms with Gasteiger partial charge in [-0.1, -0.05) is 29.3 Å². The summed E-state index contributed by atoms with van der Waals surface area (Å²) in [6.07, 6.45) is 0. The van der Waals surface area contributed by atoms with Gasteiger partial charge in [0.1, 0.15) is 0 Å². The maximum atomic E-state index is 12.2. The van der Waals surface area contributed by atoms with Crippen LogP contribution in [0.5, 0.6) is 11.5 Å². The smallest absolute Gasteiger partial charge is 0.262 e. The van der Waals surface area contributed by atoms with Gasteiger partial charge in [0.25, 0.3) is 5.91 Å². The van der Waals surface area contributed by atoms with Gasteiger partial charge in [0.15, 0.2) is 18.1 Å². The second-order valence-electron chi connectivity index (χ2n) is 6.54. The molecule has 0 saturated heterocycles. The second-order valence-corrected chi connectivity index (χ2v) is 8.24. The molecule has 3 rings (SSSR count). The van der Waals surface area contributed by atoms with E-state index in [1.54, 1.807) is 30.3 Å². The summed E-state index contributed by atoms with van der Waals surface area (Å²) in [5, 5.41) is 7.33. The van der Waals surface area contributed by atoms with E-state index < -0.39 is 0 Å². The zero-order valence-electron chi connectivity index (χ0n) is 16.8. The number of amides is 1. The fraction of sp³-hybridized carbons (Fsp3) is 0.174. The van der Waals surface area contributed by atoms with Gasteiger partial charge in [-0.05, 0) is 83.0 Å². The molecule has 0 unspecified atom stereocenters. The first-order valence-electron chi connectivity index (χ1n) is 9.57. The molecular weight excluding hydrogens is 503 g/mol. The molecule has 0 saturated carbocycles. The lowest BCUT2D eigenvalue weighted by molar-refractivity contribution is -0.118. The molecule has 3 aromatic rings. The monoisotopic (exact) mass is 522 g/mol. The van der Waals surface area contributed by atoms with Gasteiger partial charge in [0, 0.05) is 27.4 Å². The van der Waals surface area contributed by atoms with Crippen LogP contribution < -0.4 is 20.1 Å². The van der Waals surface area contributed by atoms with E-state index in [0.717, 1.165) is 15.7 Å². The standard InChI is InChI=1S/C23H21BrCl2N2O3/c1-2-30-22-11-15(13-27-18-8-9-19(24)20(26)12-18)3-10-21(22)31-14-23(29)28-17-6-4-16(25)5-7-17/h3-12,27H,2,13-14H2,1H3,(H,28,29). The zero-order valence-corrected chi connectivity index (χ0v) is 19.9. The van der Waals surface area contributed by atoms with Gasteiger partial charge in [0.05, 0.1) is 11.6 Å². The first-order valence-corrected chi connectivity index (χ1v) is 11.1.